The summed E-state index contributed by atoms with van der Waals surface area (Å²) in [6.07, 6.45) is 4.48. The van der Waals surface area contributed by atoms with Crippen LogP contribution in [0.2, 0.25) is 4.34 Å². The largest absolute Gasteiger partial charge is 0.332 e. The first-order chi connectivity index (χ1) is 12.0. The summed E-state index contributed by atoms with van der Waals surface area (Å²) in [4.78, 5) is 31.9. The molecule has 0 unspecified atom stereocenters. The summed E-state index contributed by atoms with van der Waals surface area (Å²) in [5, 5.41) is 4.41. The number of aryl methyl sites for hydroxylation is 1. The lowest BCUT2D eigenvalue weighted by Gasteiger charge is -2.20. The van der Waals surface area contributed by atoms with Gasteiger partial charge in [-0.05, 0) is 12.1 Å². The van der Waals surface area contributed by atoms with Crippen molar-refractivity contribution in [3.63, 3.8) is 0 Å². The van der Waals surface area contributed by atoms with Crippen molar-refractivity contribution in [3.8, 4) is 0 Å². The highest BCUT2D eigenvalue weighted by molar-refractivity contribution is 7.16. The van der Waals surface area contributed by atoms with E-state index in [-0.39, 0.29) is 18.0 Å². The minimum absolute atomic E-state index is 0.0936. The molecule has 0 aliphatic carbocycles. The van der Waals surface area contributed by atoms with Crippen molar-refractivity contribution >= 4 is 39.9 Å². The van der Waals surface area contributed by atoms with Gasteiger partial charge in [-0.15, -0.1) is 17.9 Å². The molecule has 3 rings (SSSR count). The average Bonchev–Trinajstić information content (AvgIpc) is 3.16. The molecule has 3 aromatic heterocycles. The zero-order valence-electron chi connectivity index (χ0n) is 13.6. The van der Waals surface area contributed by atoms with E-state index in [9.17, 15) is 9.59 Å². The zero-order valence-corrected chi connectivity index (χ0v) is 15.1. The van der Waals surface area contributed by atoms with E-state index in [1.165, 1.54) is 33.1 Å². The maximum Gasteiger partial charge on any atom is 0.264 e. The Balaban J connectivity index is 1.82. The van der Waals surface area contributed by atoms with Gasteiger partial charge in [0.2, 0.25) is 5.91 Å². The lowest BCUT2D eigenvalue weighted by Crippen LogP contribution is -2.36. The fourth-order valence-corrected chi connectivity index (χ4v) is 3.56. The summed E-state index contributed by atoms with van der Waals surface area (Å²) in [6, 6.07) is 3.68. The van der Waals surface area contributed by atoms with E-state index < -0.39 is 0 Å². The number of rotatable bonds is 6. The van der Waals surface area contributed by atoms with E-state index in [0.717, 1.165) is 4.88 Å². The van der Waals surface area contributed by atoms with Crippen molar-refractivity contribution in [1.29, 1.82) is 0 Å². The monoisotopic (exact) mass is 377 g/mol. The Bertz CT molecular complexity index is 990. The number of halogens is 1. The SMILES string of the molecule is C=CCN(Cc1ccc(Cl)s1)C(=O)Cn1cnc2c(cnn2C)c1=O. The number of aromatic nitrogens is 4. The van der Waals surface area contributed by atoms with Crippen LogP contribution < -0.4 is 5.56 Å². The molecule has 25 heavy (non-hydrogen) atoms. The number of carbonyl (C=O) groups excluding carboxylic acids is 1. The van der Waals surface area contributed by atoms with Crippen LogP contribution in [0.1, 0.15) is 4.88 Å². The van der Waals surface area contributed by atoms with Crippen molar-refractivity contribution in [2.75, 3.05) is 6.54 Å². The molecule has 0 bridgehead atoms. The molecule has 0 saturated carbocycles. The predicted molar refractivity (Wildman–Crippen MR) is 97.7 cm³/mol. The van der Waals surface area contributed by atoms with E-state index in [2.05, 4.69) is 16.7 Å². The molecular weight excluding hydrogens is 362 g/mol. The zero-order chi connectivity index (χ0) is 18.0. The Morgan fingerprint density at radius 2 is 2.28 bits per heavy atom. The van der Waals surface area contributed by atoms with Gasteiger partial charge in [0.15, 0.2) is 5.65 Å². The van der Waals surface area contributed by atoms with E-state index >= 15 is 0 Å². The number of thiophene rings is 1. The second-order valence-corrected chi connectivity index (χ2v) is 7.25. The van der Waals surface area contributed by atoms with E-state index in [4.69, 9.17) is 11.6 Å². The third-order valence-corrected chi connectivity index (χ3v) is 4.92. The van der Waals surface area contributed by atoms with Crippen molar-refractivity contribution in [3.05, 3.63) is 56.9 Å². The van der Waals surface area contributed by atoms with Gasteiger partial charge < -0.3 is 4.90 Å². The molecule has 0 fully saturated rings. The Morgan fingerprint density at radius 1 is 1.48 bits per heavy atom. The molecule has 130 valence electrons. The lowest BCUT2D eigenvalue weighted by atomic mass is 10.3. The Morgan fingerprint density at radius 3 is 2.96 bits per heavy atom. The number of hydrogen-bond donors (Lipinski definition) is 0. The summed E-state index contributed by atoms with van der Waals surface area (Å²) in [5.41, 5.74) is 0.203. The first-order valence-corrected chi connectivity index (χ1v) is 8.69. The minimum atomic E-state index is -0.288. The van der Waals surface area contributed by atoms with Crippen LogP contribution in [0.3, 0.4) is 0 Å². The summed E-state index contributed by atoms with van der Waals surface area (Å²) >= 11 is 7.36. The summed E-state index contributed by atoms with van der Waals surface area (Å²) in [7, 11) is 1.71. The standard InChI is InChI=1S/C16H16ClN5O2S/c1-3-6-21(8-11-4-5-13(17)25-11)14(23)9-22-10-18-15-12(16(22)24)7-19-20(15)2/h3-5,7,10H,1,6,8-9H2,2H3. The normalized spacial score (nSPS) is 11.0. The van der Waals surface area contributed by atoms with Crippen LogP contribution in [-0.2, 0) is 24.9 Å². The number of carbonyl (C=O) groups is 1. The Labute approximate surface area is 152 Å². The topological polar surface area (TPSA) is 73.0 Å². The molecule has 7 nitrogen and oxygen atoms in total. The molecule has 0 N–H and O–H groups in total. The molecule has 9 heteroatoms. The number of fused-ring (bicyclic) bond motifs is 1. The first-order valence-electron chi connectivity index (χ1n) is 7.49. The third kappa shape index (κ3) is 3.64. The molecular formula is C16H16ClN5O2S. The molecule has 1 amide bonds. The third-order valence-electron chi connectivity index (χ3n) is 3.70. The highest BCUT2D eigenvalue weighted by Gasteiger charge is 2.16. The number of hydrogen-bond acceptors (Lipinski definition) is 5. The van der Waals surface area contributed by atoms with Crippen LogP contribution in [0.15, 0.2) is 42.1 Å². The highest BCUT2D eigenvalue weighted by Crippen LogP contribution is 2.22. The molecule has 0 aliphatic rings. The van der Waals surface area contributed by atoms with Gasteiger partial charge in [0.05, 0.1) is 17.1 Å². The fourth-order valence-electron chi connectivity index (χ4n) is 2.46. The van der Waals surface area contributed by atoms with Gasteiger partial charge in [-0.1, -0.05) is 17.7 Å². The van der Waals surface area contributed by atoms with E-state index in [1.54, 1.807) is 24.1 Å². The quantitative estimate of drug-likeness (QED) is 0.616. The van der Waals surface area contributed by atoms with Crippen molar-refractivity contribution < 1.29 is 4.79 Å². The molecule has 0 atom stereocenters. The van der Waals surface area contributed by atoms with Crippen LogP contribution in [0, 0.1) is 0 Å². The smallest absolute Gasteiger partial charge is 0.264 e. The highest BCUT2D eigenvalue weighted by atomic mass is 35.5. The van der Waals surface area contributed by atoms with Gasteiger partial charge >= 0.3 is 0 Å². The molecule has 0 aromatic carbocycles. The maximum absolute atomic E-state index is 12.6. The van der Waals surface area contributed by atoms with Gasteiger partial charge in [-0.25, -0.2) is 4.98 Å². The van der Waals surface area contributed by atoms with Crippen LogP contribution >= 0.6 is 22.9 Å². The predicted octanol–water partition coefficient (Wildman–Crippen LogP) is 2.06. The van der Waals surface area contributed by atoms with Gasteiger partial charge in [0.1, 0.15) is 18.3 Å². The molecule has 0 radical (unpaired) electrons. The van der Waals surface area contributed by atoms with Crippen molar-refractivity contribution in [1.82, 2.24) is 24.2 Å². The van der Waals surface area contributed by atoms with Crippen molar-refractivity contribution in [2.24, 2.45) is 7.05 Å². The van der Waals surface area contributed by atoms with Crippen molar-refractivity contribution in [2.45, 2.75) is 13.1 Å². The molecule has 0 saturated heterocycles. The van der Waals surface area contributed by atoms with Gasteiger partial charge in [0.25, 0.3) is 5.56 Å². The van der Waals surface area contributed by atoms with Gasteiger partial charge in [0, 0.05) is 18.5 Å². The van der Waals surface area contributed by atoms with Crippen LogP contribution in [0.25, 0.3) is 11.0 Å². The Hall–Kier alpha value is -2.45. The average molecular weight is 378 g/mol. The Kier molecular flexibility index (Phi) is 5.00. The summed E-state index contributed by atoms with van der Waals surface area (Å²) in [6.45, 7) is 4.39. The number of amides is 1. The number of nitrogens with zero attached hydrogens (tertiary/aromatic N) is 5. The second-order valence-electron chi connectivity index (χ2n) is 5.45. The lowest BCUT2D eigenvalue weighted by molar-refractivity contribution is -0.131. The minimum Gasteiger partial charge on any atom is -0.332 e. The fraction of sp³-hybridized carbons (Fsp3) is 0.250. The molecule has 3 heterocycles. The van der Waals surface area contributed by atoms with Gasteiger partial charge in [-0.2, -0.15) is 5.10 Å². The molecule has 3 aromatic rings. The van der Waals surface area contributed by atoms with Crippen LogP contribution in [0.5, 0.6) is 0 Å². The second kappa shape index (κ2) is 7.20. The maximum atomic E-state index is 12.6. The van der Waals surface area contributed by atoms with Crippen LogP contribution in [0.4, 0.5) is 0 Å². The summed E-state index contributed by atoms with van der Waals surface area (Å²) in [5.74, 6) is -0.198. The van der Waals surface area contributed by atoms with Gasteiger partial charge in [-0.3, -0.25) is 18.8 Å². The molecule has 0 spiro atoms. The van der Waals surface area contributed by atoms with Crippen LogP contribution in [-0.4, -0.2) is 36.7 Å². The summed E-state index contributed by atoms with van der Waals surface area (Å²) < 4.78 is 3.49. The molecule has 0 aliphatic heterocycles. The van der Waals surface area contributed by atoms with E-state index in [0.29, 0.717) is 28.5 Å². The first kappa shape index (κ1) is 17.4. The van der Waals surface area contributed by atoms with E-state index in [1.807, 2.05) is 6.07 Å².